The standard InChI is InChI=1S/C20H16ClF3N2O2S.C13H13BrN2O2S.C7H5BClF3O2.C7H4BrNOS.C6H10ClNO/c21-15-4-3-12(9-14(15)20(22,23)24)13-11-29-16-5-8-26(19(28)18(13)16)10-17(27)25-6-1-2-7-25;14-9-8-19-10-3-6-16(13(18)12(9)10)7-11(17)15-4-1-2-5-15;9-6-2-1-4(8(13)14)3-5(6)7(10,11)12;8-4-3-11-5-1-2-9-7(10)6(4)5;7-5-6(9)8-3-1-2-4-8/h3-5,8-9,11H,1-2,6-7,10H2;3,6,8H,1-2,4-5,7H2;1-3,13-14H;1-3H,(H,9,10);1-5H2. The van der Waals surface area contributed by atoms with E-state index in [4.69, 9.17) is 44.9 Å². The van der Waals surface area contributed by atoms with E-state index >= 15 is 0 Å². The molecule has 2 aromatic carbocycles. The number of nitrogens with one attached hydrogen (secondary N) is 1. The number of carbonyl (C=O) groups is 3. The SMILES string of the molecule is O=C(CCl)N1CCCC1.O=C(Cn1ccc2scc(-c3ccc(Cl)c(C(F)(F)F)c3)c2c1=O)N1CCCC1.O=C(Cn1ccc2scc(Br)c2c1=O)N1CCCC1.O=c1[nH]ccc2scc(Br)c12.OB(O)c1ccc(Cl)c(C(F)(F)F)c1. The van der Waals surface area contributed by atoms with Gasteiger partial charge in [0.2, 0.25) is 17.7 Å². The Balaban J connectivity index is 0.000000158. The molecule has 0 spiro atoms. The molecule has 82 heavy (non-hydrogen) atoms. The van der Waals surface area contributed by atoms with Crippen LogP contribution in [0.5, 0.6) is 0 Å². The topological polar surface area (TPSA) is 178 Å². The van der Waals surface area contributed by atoms with Crippen LogP contribution in [0.4, 0.5) is 26.3 Å². The quantitative estimate of drug-likeness (QED) is 0.0802. The molecule has 0 unspecified atom stereocenters. The first-order chi connectivity index (χ1) is 38.9. The second kappa shape index (κ2) is 28.7. The molecule has 436 valence electrons. The summed E-state index contributed by atoms with van der Waals surface area (Å²) in [6, 6.07) is 11.8. The van der Waals surface area contributed by atoms with Crippen LogP contribution in [0.15, 0.2) is 113 Å². The van der Waals surface area contributed by atoms with Crippen molar-refractivity contribution in [3.05, 3.63) is 151 Å². The number of alkyl halides is 7. The molecule has 3 saturated heterocycles. The molecule has 3 fully saturated rings. The average molecular weight is 1380 g/mol. The Kier molecular flexibility index (Phi) is 22.6. The predicted molar refractivity (Wildman–Crippen MR) is 320 cm³/mol. The van der Waals surface area contributed by atoms with Gasteiger partial charge in [0.15, 0.2) is 0 Å². The maximum atomic E-state index is 13.2. The van der Waals surface area contributed by atoms with Crippen molar-refractivity contribution in [3.63, 3.8) is 0 Å². The zero-order valence-corrected chi connectivity index (χ0v) is 50.7. The summed E-state index contributed by atoms with van der Waals surface area (Å²) in [5.74, 6) is 0.117. The number of hydrogen-bond acceptors (Lipinski definition) is 11. The molecule has 3 aliphatic rings. The summed E-state index contributed by atoms with van der Waals surface area (Å²) in [4.78, 5) is 79.8. The lowest BCUT2D eigenvalue weighted by molar-refractivity contribution is -0.138. The Morgan fingerprint density at radius 1 is 0.585 bits per heavy atom. The molecule has 29 heteroatoms. The number of halogens is 11. The van der Waals surface area contributed by atoms with Gasteiger partial charge in [0, 0.05) is 103 Å². The van der Waals surface area contributed by atoms with Gasteiger partial charge in [0.1, 0.15) is 19.0 Å². The fourth-order valence-corrected chi connectivity index (χ4v) is 13.7. The monoisotopic (exact) mass is 1380 g/mol. The van der Waals surface area contributed by atoms with Gasteiger partial charge in [-0.3, -0.25) is 28.8 Å². The molecule has 3 aliphatic heterocycles. The lowest BCUT2D eigenvalue weighted by Crippen LogP contribution is -2.34. The second-order valence-electron chi connectivity index (χ2n) is 18.5. The summed E-state index contributed by atoms with van der Waals surface area (Å²) in [6.07, 6.45) is 2.05. The van der Waals surface area contributed by atoms with Gasteiger partial charge in [0.25, 0.3) is 16.7 Å². The van der Waals surface area contributed by atoms with Crippen molar-refractivity contribution in [1.29, 1.82) is 0 Å². The van der Waals surface area contributed by atoms with Crippen LogP contribution in [0.3, 0.4) is 0 Å². The van der Waals surface area contributed by atoms with E-state index in [1.165, 1.54) is 43.9 Å². The van der Waals surface area contributed by atoms with Crippen molar-refractivity contribution in [1.82, 2.24) is 28.8 Å². The van der Waals surface area contributed by atoms with Gasteiger partial charge in [0.05, 0.1) is 37.3 Å². The van der Waals surface area contributed by atoms with Crippen molar-refractivity contribution in [3.8, 4) is 11.1 Å². The number of likely N-dealkylation sites (tertiary alicyclic amines) is 3. The third-order valence-corrected chi connectivity index (χ3v) is 18.7. The summed E-state index contributed by atoms with van der Waals surface area (Å²) < 4.78 is 83.5. The number of fused-ring (bicyclic) bond motifs is 3. The number of rotatable bonds is 7. The number of aromatic nitrogens is 3. The van der Waals surface area contributed by atoms with Gasteiger partial charge in [-0.2, -0.15) is 26.3 Å². The molecule has 0 bridgehead atoms. The largest absolute Gasteiger partial charge is 0.488 e. The molecular weight excluding hydrogens is 1340 g/mol. The van der Waals surface area contributed by atoms with Crippen molar-refractivity contribution in [2.45, 2.75) is 64.0 Å². The maximum Gasteiger partial charge on any atom is 0.488 e. The lowest BCUT2D eigenvalue weighted by Gasteiger charge is -2.16. The molecule has 11 rings (SSSR count). The number of benzene rings is 2. The zero-order valence-electron chi connectivity index (χ0n) is 42.8. The van der Waals surface area contributed by atoms with Crippen LogP contribution >= 0.6 is 101 Å². The third kappa shape index (κ3) is 16.2. The van der Waals surface area contributed by atoms with E-state index in [0.717, 1.165) is 107 Å². The minimum atomic E-state index is -4.60. The van der Waals surface area contributed by atoms with Crippen molar-refractivity contribution in [2.75, 3.05) is 45.1 Å². The van der Waals surface area contributed by atoms with Gasteiger partial charge >= 0.3 is 19.5 Å². The Bertz CT molecular complexity index is 3760. The highest BCUT2D eigenvalue weighted by Crippen LogP contribution is 2.40. The summed E-state index contributed by atoms with van der Waals surface area (Å²) in [5.41, 5.74) is -2.14. The molecule has 6 aromatic heterocycles. The third-order valence-electron chi connectivity index (χ3n) is 13.1. The molecule has 14 nitrogen and oxygen atoms in total. The van der Waals surface area contributed by atoms with Gasteiger partial charge in [-0.05, 0) is 124 Å². The fraction of sp³-hybridized carbons (Fsp3) is 0.321. The Labute approximate surface area is 507 Å². The summed E-state index contributed by atoms with van der Waals surface area (Å²) in [6.45, 7) is 4.87. The first kappa shape index (κ1) is 64.5. The normalized spacial score (nSPS) is 14.2. The number of H-pyrrole nitrogens is 1. The van der Waals surface area contributed by atoms with Crippen LogP contribution in [-0.2, 0) is 39.8 Å². The first-order valence-electron chi connectivity index (χ1n) is 25.0. The van der Waals surface area contributed by atoms with Gasteiger partial charge < -0.3 is 38.9 Å². The van der Waals surface area contributed by atoms with E-state index < -0.39 is 46.2 Å². The van der Waals surface area contributed by atoms with E-state index in [-0.39, 0.29) is 58.8 Å². The minimum Gasteiger partial charge on any atom is -0.423 e. The molecule has 0 saturated carbocycles. The van der Waals surface area contributed by atoms with Crippen LogP contribution in [0.1, 0.15) is 49.7 Å². The van der Waals surface area contributed by atoms with E-state index in [1.807, 2.05) is 32.7 Å². The Hall–Kier alpha value is -5.03. The van der Waals surface area contributed by atoms with E-state index in [9.17, 15) is 55.1 Å². The van der Waals surface area contributed by atoms with Gasteiger partial charge in [-0.1, -0.05) is 35.3 Å². The van der Waals surface area contributed by atoms with Crippen molar-refractivity contribution >= 4 is 161 Å². The number of nitrogens with zero attached hydrogens (tertiary/aromatic N) is 5. The molecule has 0 radical (unpaired) electrons. The smallest absolute Gasteiger partial charge is 0.423 e. The Morgan fingerprint density at radius 3 is 1.49 bits per heavy atom. The van der Waals surface area contributed by atoms with Crippen LogP contribution in [0.2, 0.25) is 10.0 Å². The summed E-state index contributed by atoms with van der Waals surface area (Å²) in [5, 5.41) is 23.6. The zero-order chi connectivity index (χ0) is 59.6. The van der Waals surface area contributed by atoms with Gasteiger partial charge in [-0.25, -0.2) is 0 Å². The highest BCUT2D eigenvalue weighted by molar-refractivity contribution is 9.11. The van der Waals surface area contributed by atoms with Crippen LogP contribution in [0.25, 0.3) is 41.4 Å². The first-order valence-corrected chi connectivity index (χ1v) is 30.5. The van der Waals surface area contributed by atoms with Crippen LogP contribution < -0.4 is 22.1 Å². The fourth-order valence-electron chi connectivity index (χ4n) is 8.86. The van der Waals surface area contributed by atoms with Crippen molar-refractivity contribution in [2.24, 2.45) is 0 Å². The van der Waals surface area contributed by atoms with Gasteiger partial charge in [-0.15, -0.1) is 45.6 Å². The van der Waals surface area contributed by atoms with E-state index in [2.05, 4.69) is 36.8 Å². The van der Waals surface area contributed by atoms with Crippen LogP contribution in [0, 0.1) is 0 Å². The molecule has 3 amide bonds. The Morgan fingerprint density at radius 2 is 1.01 bits per heavy atom. The average Bonchev–Trinajstić information content (AvgIpc) is 3.93. The molecule has 9 heterocycles. The number of pyridine rings is 3. The highest BCUT2D eigenvalue weighted by atomic mass is 79.9. The van der Waals surface area contributed by atoms with E-state index in [0.29, 0.717) is 40.2 Å². The second-order valence-corrected chi connectivity index (χ2v) is 24.1. The molecule has 8 aromatic rings. The predicted octanol–water partition coefficient (Wildman–Crippen LogP) is 11.7. The highest BCUT2D eigenvalue weighted by Gasteiger charge is 2.35. The summed E-state index contributed by atoms with van der Waals surface area (Å²) in [7, 11) is -1.94. The van der Waals surface area contributed by atoms with E-state index in [1.54, 1.807) is 46.3 Å². The maximum absolute atomic E-state index is 13.2. The number of aromatic amines is 1. The number of hydrogen-bond donors (Lipinski definition) is 3. The summed E-state index contributed by atoms with van der Waals surface area (Å²) >= 11 is 27.4. The minimum absolute atomic E-state index is 0.0318. The molecule has 3 N–H and O–H groups in total. The number of carbonyl (C=O) groups excluding carboxylic acids is 3. The molecular formula is C53H48BBr2Cl3F6N6O8S3. The van der Waals surface area contributed by atoms with Crippen LogP contribution in [-0.4, -0.2) is 109 Å². The molecule has 0 atom stereocenters. The van der Waals surface area contributed by atoms with Crippen molar-refractivity contribution < 1.29 is 50.8 Å². The lowest BCUT2D eigenvalue weighted by atomic mass is 9.79. The molecule has 0 aliphatic carbocycles. The number of thiophene rings is 3. The number of amides is 3.